The molecule has 1 aliphatic heterocycles. The first-order chi connectivity index (χ1) is 9.68. The van der Waals surface area contributed by atoms with E-state index in [2.05, 4.69) is 41.2 Å². The van der Waals surface area contributed by atoms with Gasteiger partial charge in [0.1, 0.15) is 0 Å². The van der Waals surface area contributed by atoms with E-state index in [0.717, 1.165) is 31.9 Å². The van der Waals surface area contributed by atoms with E-state index in [9.17, 15) is 0 Å². The van der Waals surface area contributed by atoms with Crippen LogP contribution in [0, 0.1) is 5.41 Å². The molecule has 0 aliphatic carbocycles. The second kappa shape index (κ2) is 6.60. The maximum Gasteiger partial charge on any atom is 0.0645 e. The fourth-order valence-corrected chi connectivity index (χ4v) is 2.86. The molecule has 1 aromatic heterocycles. The normalized spacial score (nSPS) is 22.2. The summed E-state index contributed by atoms with van der Waals surface area (Å²) in [5.41, 5.74) is 8.61. The molecule has 0 radical (unpaired) electrons. The van der Waals surface area contributed by atoms with Crippen LogP contribution in [0.1, 0.15) is 18.9 Å². The van der Waals surface area contributed by atoms with E-state index in [4.69, 9.17) is 5.73 Å². The van der Waals surface area contributed by atoms with E-state index < -0.39 is 0 Å². The van der Waals surface area contributed by atoms with Gasteiger partial charge in [0, 0.05) is 25.5 Å². The topological polar surface area (TPSA) is 47.1 Å². The van der Waals surface area contributed by atoms with Crippen LogP contribution in [0.2, 0.25) is 0 Å². The molecule has 0 amide bonds. The smallest absolute Gasteiger partial charge is 0.0645 e. The van der Waals surface area contributed by atoms with E-state index in [1.54, 1.807) is 6.20 Å². The van der Waals surface area contributed by atoms with Crippen molar-refractivity contribution in [2.75, 3.05) is 19.6 Å². The summed E-state index contributed by atoms with van der Waals surface area (Å²) in [4.78, 5) is 2.50. The number of halogens is 1. The third-order valence-corrected chi connectivity index (χ3v) is 4.24. The predicted molar refractivity (Wildman–Crippen MR) is 87.9 cm³/mol. The molecule has 2 N–H and O–H groups in total. The predicted octanol–water partition coefficient (Wildman–Crippen LogP) is 2.46. The van der Waals surface area contributed by atoms with E-state index in [-0.39, 0.29) is 12.4 Å². The van der Waals surface area contributed by atoms with Crippen molar-refractivity contribution in [3.8, 4) is 5.69 Å². The van der Waals surface area contributed by atoms with Crippen LogP contribution < -0.4 is 5.73 Å². The minimum absolute atomic E-state index is 0. The van der Waals surface area contributed by atoms with Gasteiger partial charge in [-0.15, -0.1) is 12.4 Å². The Hall–Kier alpha value is -1.36. The number of aromatic nitrogens is 2. The highest BCUT2D eigenvalue weighted by molar-refractivity contribution is 5.85. The van der Waals surface area contributed by atoms with Crippen molar-refractivity contribution < 1.29 is 0 Å². The van der Waals surface area contributed by atoms with Crippen molar-refractivity contribution in [3.05, 3.63) is 48.3 Å². The fourth-order valence-electron chi connectivity index (χ4n) is 2.86. The summed E-state index contributed by atoms with van der Waals surface area (Å²) < 4.78 is 1.88. The molecule has 114 valence electrons. The zero-order chi connectivity index (χ0) is 14.0. The summed E-state index contributed by atoms with van der Waals surface area (Å²) >= 11 is 0. The van der Waals surface area contributed by atoms with Gasteiger partial charge in [-0.1, -0.05) is 19.1 Å². The fraction of sp³-hybridized carbons (Fsp3) is 0.438. The Labute approximate surface area is 132 Å². The van der Waals surface area contributed by atoms with Crippen LogP contribution in [0.15, 0.2) is 42.7 Å². The molecule has 0 bridgehead atoms. The van der Waals surface area contributed by atoms with Crippen molar-refractivity contribution >= 4 is 12.4 Å². The zero-order valence-electron chi connectivity index (χ0n) is 12.4. The third-order valence-electron chi connectivity index (χ3n) is 4.24. The Morgan fingerprint density at radius 3 is 2.62 bits per heavy atom. The molecule has 21 heavy (non-hydrogen) atoms. The van der Waals surface area contributed by atoms with E-state index in [1.807, 2.05) is 16.9 Å². The number of hydrogen-bond acceptors (Lipinski definition) is 3. The Kier molecular flexibility index (Phi) is 5.04. The summed E-state index contributed by atoms with van der Waals surface area (Å²) in [7, 11) is 0. The van der Waals surface area contributed by atoms with Crippen LogP contribution in [-0.4, -0.2) is 34.3 Å². The summed E-state index contributed by atoms with van der Waals surface area (Å²) in [6.45, 7) is 6.32. The van der Waals surface area contributed by atoms with Crippen molar-refractivity contribution in [2.45, 2.75) is 19.9 Å². The van der Waals surface area contributed by atoms with Gasteiger partial charge in [-0.25, -0.2) is 4.68 Å². The Bertz CT molecular complexity index is 552. The quantitative estimate of drug-likeness (QED) is 0.944. The third kappa shape index (κ3) is 3.64. The number of rotatable bonds is 4. The molecule has 1 aliphatic rings. The number of nitrogens with two attached hydrogens (primary N) is 1. The molecular weight excluding hydrogens is 284 g/mol. The van der Waals surface area contributed by atoms with E-state index in [1.165, 1.54) is 12.0 Å². The summed E-state index contributed by atoms with van der Waals surface area (Å²) in [5.74, 6) is 0. The highest BCUT2D eigenvalue weighted by atomic mass is 35.5. The Balaban J connectivity index is 0.00000161. The van der Waals surface area contributed by atoms with Gasteiger partial charge in [0.2, 0.25) is 0 Å². The van der Waals surface area contributed by atoms with Crippen LogP contribution in [0.25, 0.3) is 5.69 Å². The van der Waals surface area contributed by atoms with Gasteiger partial charge in [0.05, 0.1) is 5.69 Å². The molecule has 1 unspecified atom stereocenters. The van der Waals surface area contributed by atoms with Crippen molar-refractivity contribution in [2.24, 2.45) is 11.1 Å². The average molecular weight is 307 g/mol. The molecule has 2 aromatic rings. The first-order valence-electron chi connectivity index (χ1n) is 7.20. The Morgan fingerprint density at radius 2 is 2.05 bits per heavy atom. The van der Waals surface area contributed by atoms with Crippen LogP contribution in [0.3, 0.4) is 0 Å². The number of benzene rings is 1. The van der Waals surface area contributed by atoms with Gasteiger partial charge in [-0.3, -0.25) is 4.90 Å². The minimum atomic E-state index is 0. The molecule has 1 saturated heterocycles. The van der Waals surface area contributed by atoms with Crippen LogP contribution in [-0.2, 0) is 6.54 Å². The van der Waals surface area contributed by atoms with E-state index in [0.29, 0.717) is 5.41 Å². The van der Waals surface area contributed by atoms with Crippen molar-refractivity contribution in [3.63, 3.8) is 0 Å². The lowest BCUT2D eigenvalue weighted by Gasteiger charge is -2.22. The Morgan fingerprint density at radius 1 is 1.29 bits per heavy atom. The standard InChI is InChI=1S/C16H22N4.ClH/c1-16(12-17)7-10-19(13-16)11-14-3-5-15(6-4-14)20-9-2-8-18-20;/h2-6,8-9H,7,10-13,17H2,1H3;1H. The highest BCUT2D eigenvalue weighted by Crippen LogP contribution is 2.29. The van der Waals surface area contributed by atoms with Crippen LogP contribution in [0.4, 0.5) is 0 Å². The number of hydrogen-bond donors (Lipinski definition) is 1. The SMILES string of the molecule is CC1(CN)CCN(Cc2ccc(-n3cccn3)cc2)C1.Cl. The van der Waals surface area contributed by atoms with Crippen molar-refractivity contribution in [1.82, 2.24) is 14.7 Å². The van der Waals surface area contributed by atoms with Crippen LogP contribution in [0.5, 0.6) is 0 Å². The lowest BCUT2D eigenvalue weighted by atomic mass is 9.90. The van der Waals surface area contributed by atoms with Gasteiger partial charge >= 0.3 is 0 Å². The average Bonchev–Trinajstić information content (AvgIpc) is 3.11. The number of likely N-dealkylation sites (tertiary alicyclic amines) is 1. The molecular formula is C16H23ClN4. The maximum atomic E-state index is 5.86. The first-order valence-corrected chi connectivity index (χ1v) is 7.20. The molecule has 1 aromatic carbocycles. The molecule has 1 atom stereocenters. The number of nitrogens with zero attached hydrogens (tertiary/aromatic N) is 3. The molecule has 1 fully saturated rings. The molecule has 2 heterocycles. The molecule has 3 rings (SSSR count). The van der Waals surface area contributed by atoms with Crippen LogP contribution >= 0.6 is 12.4 Å². The second-order valence-electron chi connectivity index (χ2n) is 6.09. The second-order valence-corrected chi connectivity index (χ2v) is 6.09. The van der Waals surface area contributed by atoms with Gasteiger partial charge in [-0.05, 0) is 48.7 Å². The summed E-state index contributed by atoms with van der Waals surface area (Å²) in [6, 6.07) is 10.6. The van der Waals surface area contributed by atoms with Gasteiger partial charge in [-0.2, -0.15) is 5.10 Å². The van der Waals surface area contributed by atoms with E-state index >= 15 is 0 Å². The van der Waals surface area contributed by atoms with Gasteiger partial charge in [0.15, 0.2) is 0 Å². The maximum absolute atomic E-state index is 5.86. The molecule has 0 saturated carbocycles. The molecule has 4 nitrogen and oxygen atoms in total. The monoisotopic (exact) mass is 306 g/mol. The van der Waals surface area contributed by atoms with Crippen molar-refractivity contribution in [1.29, 1.82) is 0 Å². The summed E-state index contributed by atoms with van der Waals surface area (Å²) in [6.07, 6.45) is 4.96. The first kappa shape index (κ1) is 16.0. The minimum Gasteiger partial charge on any atom is -0.330 e. The largest absolute Gasteiger partial charge is 0.330 e. The van der Waals surface area contributed by atoms with Gasteiger partial charge in [0.25, 0.3) is 0 Å². The highest BCUT2D eigenvalue weighted by Gasteiger charge is 2.32. The zero-order valence-corrected chi connectivity index (χ0v) is 13.2. The van der Waals surface area contributed by atoms with Gasteiger partial charge < -0.3 is 5.73 Å². The molecule has 0 spiro atoms. The lowest BCUT2D eigenvalue weighted by molar-refractivity contribution is 0.274. The summed E-state index contributed by atoms with van der Waals surface area (Å²) in [5, 5.41) is 4.24. The molecule has 5 heteroatoms. The lowest BCUT2D eigenvalue weighted by Crippen LogP contribution is -2.31.